The van der Waals surface area contributed by atoms with Crippen molar-refractivity contribution in [1.82, 2.24) is 0 Å². The molecule has 1 aliphatic rings. The molecule has 1 saturated carbocycles. The van der Waals surface area contributed by atoms with Gasteiger partial charge in [0.25, 0.3) is 0 Å². The average molecular weight is 248 g/mol. The molecule has 1 fully saturated rings. The third kappa shape index (κ3) is 3.74. The van der Waals surface area contributed by atoms with Gasteiger partial charge in [0.05, 0.1) is 0 Å². The van der Waals surface area contributed by atoms with Gasteiger partial charge in [-0.15, -0.1) is 0 Å². The maximum Gasteiger partial charge on any atom is 0.224 e. The molecule has 2 rings (SSSR count). The van der Waals surface area contributed by atoms with Crippen LogP contribution in [0.15, 0.2) is 24.3 Å². The Morgan fingerprint density at radius 3 is 2.94 bits per heavy atom. The normalized spacial score (nSPS) is 14.9. The highest BCUT2D eigenvalue weighted by Gasteiger charge is 2.20. The summed E-state index contributed by atoms with van der Waals surface area (Å²) in [6.07, 6.45) is 4.27. The smallest absolute Gasteiger partial charge is 0.224 e. The topological polar surface area (TPSA) is 64.3 Å². The van der Waals surface area contributed by atoms with E-state index in [9.17, 15) is 4.79 Å². The molecule has 4 heteroatoms. The number of carbonyl (C=O) groups excluding carboxylic acids is 1. The number of ether oxygens (including phenoxy) is 1. The lowest BCUT2D eigenvalue weighted by Crippen LogP contribution is -2.20. The van der Waals surface area contributed by atoms with Crippen molar-refractivity contribution >= 4 is 11.6 Å². The van der Waals surface area contributed by atoms with E-state index in [1.54, 1.807) is 0 Å². The highest BCUT2D eigenvalue weighted by atomic mass is 16.5. The SMILES string of the molecule is NCCOc1cccc(NC(=O)CC2CCC2)c1. The molecule has 0 unspecified atom stereocenters. The molecule has 98 valence electrons. The predicted molar refractivity (Wildman–Crippen MR) is 71.6 cm³/mol. The Hall–Kier alpha value is -1.55. The van der Waals surface area contributed by atoms with Crippen LogP contribution in [0.3, 0.4) is 0 Å². The van der Waals surface area contributed by atoms with Crippen molar-refractivity contribution in [2.24, 2.45) is 11.7 Å². The van der Waals surface area contributed by atoms with E-state index in [4.69, 9.17) is 10.5 Å². The van der Waals surface area contributed by atoms with E-state index in [2.05, 4.69) is 5.32 Å². The summed E-state index contributed by atoms with van der Waals surface area (Å²) in [6, 6.07) is 7.42. The number of benzene rings is 1. The van der Waals surface area contributed by atoms with Gasteiger partial charge in [-0.2, -0.15) is 0 Å². The number of hydrogen-bond acceptors (Lipinski definition) is 3. The number of hydrogen-bond donors (Lipinski definition) is 2. The van der Waals surface area contributed by atoms with Gasteiger partial charge in [0.2, 0.25) is 5.91 Å². The summed E-state index contributed by atoms with van der Waals surface area (Å²) in [4.78, 5) is 11.8. The number of rotatable bonds is 6. The summed E-state index contributed by atoms with van der Waals surface area (Å²) in [5.74, 6) is 1.42. The van der Waals surface area contributed by atoms with Crippen molar-refractivity contribution in [2.75, 3.05) is 18.5 Å². The van der Waals surface area contributed by atoms with Crippen molar-refractivity contribution in [3.05, 3.63) is 24.3 Å². The minimum absolute atomic E-state index is 0.0932. The van der Waals surface area contributed by atoms with Gasteiger partial charge in [-0.05, 0) is 30.9 Å². The molecule has 4 nitrogen and oxygen atoms in total. The fourth-order valence-electron chi connectivity index (χ4n) is 2.01. The Labute approximate surface area is 108 Å². The number of carbonyl (C=O) groups is 1. The molecular weight excluding hydrogens is 228 g/mol. The maximum absolute atomic E-state index is 11.8. The van der Waals surface area contributed by atoms with Gasteiger partial charge in [-0.1, -0.05) is 12.5 Å². The Bertz CT molecular complexity index is 403. The fraction of sp³-hybridized carbons (Fsp3) is 0.500. The molecule has 0 aliphatic heterocycles. The third-order valence-corrected chi connectivity index (χ3v) is 3.20. The standard InChI is InChI=1S/C14H20N2O2/c15-7-8-18-13-6-2-5-12(10-13)16-14(17)9-11-3-1-4-11/h2,5-6,10-11H,1,3-4,7-9,15H2,(H,16,17). The van der Waals surface area contributed by atoms with Gasteiger partial charge in [0.15, 0.2) is 0 Å². The molecule has 1 amide bonds. The van der Waals surface area contributed by atoms with Gasteiger partial charge < -0.3 is 15.8 Å². The first-order chi connectivity index (χ1) is 8.78. The van der Waals surface area contributed by atoms with Crippen molar-refractivity contribution in [3.63, 3.8) is 0 Å². The van der Waals surface area contributed by atoms with E-state index in [0.29, 0.717) is 25.5 Å². The molecule has 3 N–H and O–H groups in total. The molecule has 0 saturated heterocycles. The van der Waals surface area contributed by atoms with E-state index in [1.807, 2.05) is 24.3 Å². The Morgan fingerprint density at radius 1 is 1.44 bits per heavy atom. The number of amides is 1. The molecule has 18 heavy (non-hydrogen) atoms. The molecule has 1 aromatic carbocycles. The van der Waals surface area contributed by atoms with Crippen molar-refractivity contribution in [2.45, 2.75) is 25.7 Å². The number of nitrogens with two attached hydrogens (primary N) is 1. The maximum atomic E-state index is 11.8. The summed E-state index contributed by atoms with van der Waals surface area (Å²) >= 11 is 0. The van der Waals surface area contributed by atoms with Crippen LogP contribution in [-0.4, -0.2) is 19.1 Å². The average Bonchev–Trinajstić information content (AvgIpc) is 2.32. The van der Waals surface area contributed by atoms with Gasteiger partial charge in [-0.3, -0.25) is 4.79 Å². The van der Waals surface area contributed by atoms with Crippen LogP contribution in [0.5, 0.6) is 5.75 Å². The fourth-order valence-corrected chi connectivity index (χ4v) is 2.01. The molecule has 1 aliphatic carbocycles. The number of nitrogens with one attached hydrogen (secondary N) is 1. The quantitative estimate of drug-likeness (QED) is 0.810. The Morgan fingerprint density at radius 2 is 2.28 bits per heavy atom. The minimum Gasteiger partial charge on any atom is -0.492 e. The molecule has 0 atom stereocenters. The summed E-state index contributed by atoms with van der Waals surface area (Å²) in [6.45, 7) is 0.970. The van der Waals surface area contributed by atoms with E-state index >= 15 is 0 Å². The van der Waals surface area contributed by atoms with Gasteiger partial charge in [-0.25, -0.2) is 0 Å². The van der Waals surface area contributed by atoms with E-state index in [0.717, 1.165) is 11.4 Å². The van der Waals surface area contributed by atoms with Gasteiger partial charge in [0, 0.05) is 24.7 Å². The van der Waals surface area contributed by atoms with Gasteiger partial charge in [0.1, 0.15) is 12.4 Å². The zero-order valence-corrected chi connectivity index (χ0v) is 10.5. The molecule has 0 spiro atoms. The molecule has 1 aromatic rings. The lowest BCUT2D eigenvalue weighted by Gasteiger charge is -2.24. The lowest BCUT2D eigenvalue weighted by atomic mass is 9.83. The van der Waals surface area contributed by atoms with Crippen molar-refractivity contribution < 1.29 is 9.53 Å². The first-order valence-electron chi connectivity index (χ1n) is 6.50. The molecular formula is C14H20N2O2. The number of anilines is 1. The van der Waals surface area contributed by atoms with E-state index < -0.39 is 0 Å². The highest BCUT2D eigenvalue weighted by molar-refractivity contribution is 5.91. The molecule has 0 heterocycles. The Kier molecular flexibility index (Phi) is 4.59. The summed E-state index contributed by atoms with van der Waals surface area (Å²) in [5.41, 5.74) is 6.16. The third-order valence-electron chi connectivity index (χ3n) is 3.20. The van der Waals surface area contributed by atoms with E-state index in [-0.39, 0.29) is 5.91 Å². The Balaban J connectivity index is 1.85. The van der Waals surface area contributed by atoms with Crippen LogP contribution in [0.2, 0.25) is 0 Å². The second kappa shape index (κ2) is 6.40. The minimum atomic E-state index is 0.0932. The first-order valence-corrected chi connectivity index (χ1v) is 6.50. The van der Waals surface area contributed by atoms with Crippen LogP contribution in [-0.2, 0) is 4.79 Å². The lowest BCUT2D eigenvalue weighted by molar-refractivity contribution is -0.117. The second-order valence-electron chi connectivity index (χ2n) is 4.71. The monoisotopic (exact) mass is 248 g/mol. The van der Waals surface area contributed by atoms with E-state index in [1.165, 1.54) is 19.3 Å². The van der Waals surface area contributed by atoms with Crippen LogP contribution in [0.1, 0.15) is 25.7 Å². The summed E-state index contributed by atoms with van der Waals surface area (Å²) in [7, 11) is 0. The van der Waals surface area contributed by atoms with Crippen LogP contribution in [0.25, 0.3) is 0 Å². The second-order valence-corrected chi connectivity index (χ2v) is 4.71. The van der Waals surface area contributed by atoms with Crippen LogP contribution in [0, 0.1) is 5.92 Å². The zero-order chi connectivity index (χ0) is 12.8. The van der Waals surface area contributed by atoms with Crippen LogP contribution in [0.4, 0.5) is 5.69 Å². The zero-order valence-electron chi connectivity index (χ0n) is 10.5. The van der Waals surface area contributed by atoms with Crippen molar-refractivity contribution in [1.29, 1.82) is 0 Å². The molecule has 0 aromatic heterocycles. The summed E-state index contributed by atoms with van der Waals surface area (Å²) < 4.78 is 5.41. The predicted octanol–water partition coefficient (Wildman–Crippen LogP) is 2.15. The summed E-state index contributed by atoms with van der Waals surface area (Å²) in [5, 5.41) is 2.91. The molecule has 0 radical (unpaired) electrons. The van der Waals surface area contributed by atoms with Crippen molar-refractivity contribution in [3.8, 4) is 5.75 Å². The first kappa shape index (κ1) is 12.9. The molecule has 0 bridgehead atoms. The van der Waals surface area contributed by atoms with Gasteiger partial charge >= 0.3 is 0 Å². The van der Waals surface area contributed by atoms with Crippen LogP contribution >= 0.6 is 0 Å². The largest absolute Gasteiger partial charge is 0.492 e. The highest BCUT2D eigenvalue weighted by Crippen LogP contribution is 2.29. The van der Waals surface area contributed by atoms with Crippen LogP contribution < -0.4 is 15.8 Å².